The van der Waals surface area contributed by atoms with Gasteiger partial charge in [0.25, 0.3) is 0 Å². The number of allylic oxidation sites excluding steroid dienone is 2. The van der Waals surface area contributed by atoms with Crippen LogP contribution < -0.4 is 0 Å². The number of carbonyl (C=O) groups excluding carboxylic acids is 1. The summed E-state index contributed by atoms with van der Waals surface area (Å²) >= 11 is 0. The standard InChI is InChI=1S/C23H33F3N2O4/c1-16(7-8-18(23(24,25)26)17(2)19(29)30)15-28-12-6-9-22(28)10-13-27(14-11-22)20(31)32-21(3,4)5/h7-8H,1,6,9-15H2,2-5H3,(H,29,30)/b8-7-,18-17-. The van der Waals surface area contributed by atoms with E-state index < -0.39 is 28.9 Å². The first-order valence-electron chi connectivity index (χ1n) is 10.7. The number of carboxylic acids is 1. The van der Waals surface area contributed by atoms with E-state index in [1.165, 1.54) is 6.08 Å². The molecule has 1 N–H and O–H groups in total. The molecular formula is C23H33F3N2O4. The normalized spacial score (nSPS) is 20.5. The number of nitrogens with zero attached hydrogens (tertiary/aromatic N) is 2. The van der Waals surface area contributed by atoms with Gasteiger partial charge in [-0.2, -0.15) is 13.2 Å². The minimum absolute atomic E-state index is 0.116. The van der Waals surface area contributed by atoms with Crippen LogP contribution in [0.25, 0.3) is 0 Å². The number of ether oxygens (including phenoxy) is 1. The molecule has 0 aromatic rings. The molecule has 1 spiro atoms. The summed E-state index contributed by atoms with van der Waals surface area (Å²) in [4.78, 5) is 27.3. The molecule has 0 aliphatic carbocycles. The zero-order valence-electron chi connectivity index (χ0n) is 19.2. The number of alkyl halides is 3. The van der Waals surface area contributed by atoms with E-state index >= 15 is 0 Å². The van der Waals surface area contributed by atoms with Crippen molar-refractivity contribution in [3.8, 4) is 0 Å². The van der Waals surface area contributed by atoms with Gasteiger partial charge in [-0.15, -0.1) is 0 Å². The molecule has 2 heterocycles. The fraction of sp³-hybridized carbons (Fsp3) is 0.652. The Bertz CT molecular complexity index is 801. The topological polar surface area (TPSA) is 70.1 Å². The van der Waals surface area contributed by atoms with Crippen molar-refractivity contribution in [3.63, 3.8) is 0 Å². The van der Waals surface area contributed by atoms with Crippen LogP contribution in [0.2, 0.25) is 0 Å². The Balaban J connectivity index is 2.03. The largest absolute Gasteiger partial charge is 0.478 e. The summed E-state index contributed by atoms with van der Waals surface area (Å²) < 4.78 is 45.1. The summed E-state index contributed by atoms with van der Waals surface area (Å²) in [6.45, 7) is 12.6. The molecule has 32 heavy (non-hydrogen) atoms. The highest BCUT2D eigenvalue weighted by Gasteiger charge is 2.44. The second-order valence-corrected chi connectivity index (χ2v) is 9.55. The van der Waals surface area contributed by atoms with E-state index in [9.17, 15) is 22.8 Å². The van der Waals surface area contributed by atoms with Crippen LogP contribution in [0.4, 0.5) is 18.0 Å². The van der Waals surface area contributed by atoms with Crippen molar-refractivity contribution >= 4 is 12.1 Å². The first kappa shape index (κ1) is 26.0. The summed E-state index contributed by atoms with van der Waals surface area (Å²) in [5, 5.41) is 8.94. The van der Waals surface area contributed by atoms with Crippen LogP contribution in [0.1, 0.15) is 53.4 Å². The van der Waals surface area contributed by atoms with E-state index in [0.29, 0.717) is 25.2 Å². The number of halogens is 3. The van der Waals surface area contributed by atoms with Crippen LogP contribution >= 0.6 is 0 Å². The number of amides is 1. The van der Waals surface area contributed by atoms with Crippen LogP contribution in [0.5, 0.6) is 0 Å². The second-order valence-electron chi connectivity index (χ2n) is 9.55. The van der Waals surface area contributed by atoms with Crippen LogP contribution in [0, 0.1) is 0 Å². The smallest absolute Gasteiger partial charge is 0.416 e. The van der Waals surface area contributed by atoms with Gasteiger partial charge in [-0.25, -0.2) is 9.59 Å². The number of hydrogen-bond donors (Lipinski definition) is 1. The van der Waals surface area contributed by atoms with Crippen LogP contribution in [-0.4, -0.2) is 70.5 Å². The molecule has 1 amide bonds. The van der Waals surface area contributed by atoms with Gasteiger partial charge in [0.1, 0.15) is 5.60 Å². The minimum atomic E-state index is -4.76. The number of carboxylic acid groups (broad SMARTS) is 1. The highest BCUT2D eigenvalue weighted by molar-refractivity contribution is 5.87. The van der Waals surface area contributed by atoms with E-state index in [1.54, 1.807) is 4.90 Å². The average molecular weight is 459 g/mol. The molecule has 0 aromatic heterocycles. The van der Waals surface area contributed by atoms with E-state index in [-0.39, 0.29) is 11.6 Å². The van der Waals surface area contributed by atoms with Crippen molar-refractivity contribution in [2.24, 2.45) is 0 Å². The Morgan fingerprint density at radius 3 is 2.19 bits per heavy atom. The molecule has 0 aromatic carbocycles. The van der Waals surface area contributed by atoms with Crippen molar-refractivity contribution in [2.75, 3.05) is 26.2 Å². The third kappa shape index (κ3) is 6.60. The molecule has 0 radical (unpaired) electrons. The van der Waals surface area contributed by atoms with Gasteiger partial charge in [0, 0.05) is 30.7 Å². The Morgan fingerprint density at radius 2 is 1.69 bits per heavy atom. The van der Waals surface area contributed by atoms with E-state index in [2.05, 4.69) is 11.5 Å². The lowest BCUT2D eigenvalue weighted by atomic mass is 9.85. The molecule has 2 aliphatic heterocycles. The van der Waals surface area contributed by atoms with E-state index in [1.807, 2.05) is 20.8 Å². The lowest BCUT2D eigenvalue weighted by Gasteiger charge is -2.45. The molecular weight excluding hydrogens is 425 g/mol. The number of hydrogen-bond acceptors (Lipinski definition) is 4. The Kier molecular flexibility index (Phi) is 7.86. The van der Waals surface area contributed by atoms with Gasteiger partial charge < -0.3 is 14.7 Å². The van der Waals surface area contributed by atoms with Crippen molar-refractivity contribution in [1.29, 1.82) is 0 Å². The fourth-order valence-electron chi connectivity index (χ4n) is 4.29. The first-order chi connectivity index (χ1) is 14.6. The lowest BCUT2D eigenvalue weighted by Crippen LogP contribution is -2.54. The van der Waals surface area contributed by atoms with Crippen LogP contribution in [0.15, 0.2) is 35.5 Å². The predicted octanol–water partition coefficient (Wildman–Crippen LogP) is 4.93. The summed E-state index contributed by atoms with van der Waals surface area (Å²) in [7, 11) is 0. The maximum absolute atomic E-state index is 13.2. The third-order valence-corrected chi connectivity index (χ3v) is 6.00. The zero-order chi connectivity index (χ0) is 24.3. The van der Waals surface area contributed by atoms with Gasteiger partial charge in [0.15, 0.2) is 0 Å². The number of rotatable bonds is 5. The SMILES string of the molecule is C=C(/C=C\C(=C(/C)C(=O)O)C(F)(F)F)CN1CCCC12CCN(C(=O)OC(C)(C)C)CC2. The van der Waals surface area contributed by atoms with Gasteiger partial charge in [0.05, 0.1) is 5.57 Å². The molecule has 2 fully saturated rings. The average Bonchev–Trinajstić information content (AvgIpc) is 3.01. The molecule has 9 heteroatoms. The van der Waals surface area contributed by atoms with Gasteiger partial charge in [0.2, 0.25) is 0 Å². The van der Waals surface area contributed by atoms with Gasteiger partial charge >= 0.3 is 18.2 Å². The quantitative estimate of drug-likeness (QED) is 0.467. The number of carbonyl (C=O) groups is 2. The highest BCUT2D eigenvalue weighted by Crippen LogP contribution is 2.39. The maximum atomic E-state index is 13.2. The van der Waals surface area contributed by atoms with E-state index in [0.717, 1.165) is 45.2 Å². The van der Waals surface area contributed by atoms with Gasteiger partial charge in [-0.05, 0) is 71.6 Å². The molecule has 0 saturated carbocycles. The lowest BCUT2D eigenvalue weighted by molar-refractivity contribution is -0.133. The number of aliphatic carboxylic acids is 1. The molecule has 6 nitrogen and oxygen atoms in total. The van der Waals surface area contributed by atoms with Crippen molar-refractivity contribution < 1.29 is 32.6 Å². The van der Waals surface area contributed by atoms with Crippen molar-refractivity contribution in [3.05, 3.63) is 35.5 Å². The second kappa shape index (κ2) is 9.68. The van der Waals surface area contributed by atoms with Crippen LogP contribution in [-0.2, 0) is 9.53 Å². The zero-order valence-corrected chi connectivity index (χ0v) is 19.2. The summed E-state index contributed by atoms with van der Waals surface area (Å²) in [6.07, 6.45) is 0.390. The van der Waals surface area contributed by atoms with Crippen molar-refractivity contribution in [2.45, 2.75) is 70.7 Å². The summed E-state index contributed by atoms with van der Waals surface area (Å²) in [6, 6.07) is 0. The van der Waals surface area contributed by atoms with Crippen molar-refractivity contribution in [1.82, 2.24) is 9.80 Å². The molecule has 0 atom stereocenters. The van der Waals surface area contributed by atoms with Crippen LogP contribution in [0.3, 0.4) is 0 Å². The van der Waals surface area contributed by atoms with Gasteiger partial charge in [-0.1, -0.05) is 12.7 Å². The molecule has 180 valence electrons. The minimum Gasteiger partial charge on any atom is -0.478 e. The molecule has 2 aliphatic rings. The Labute approximate surface area is 187 Å². The molecule has 0 unspecified atom stereocenters. The Hall–Kier alpha value is -2.29. The third-order valence-electron chi connectivity index (χ3n) is 6.00. The predicted molar refractivity (Wildman–Crippen MR) is 115 cm³/mol. The molecule has 0 bridgehead atoms. The monoisotopic (exact) mass is 458 g/mol. The molecule has 2 saturated heterocycles. The maximum Gasteiger partial charge on any atom is 0.416 e. The fourth-order valence-corrected chi connectivity index (χ4v) is 4.29. The summed E-state index contributed by atoms with van der Waals surface area (Å²) in [5.74, 6) is -1.61. The molecule has 2 rings (SSSR count). The van der Waals surface area contributed by atoms with E-state index in [4.69, 9.17) is 9.84 Å². The number of likely N-dealkylation sites (tertiary alicyclic amines) is 2. The summed E-state index contributed by atoms with van der Waals surface area (Å²) in [5.41, 5.74) is -2.14. The Morgan fingerprint density at radius 1 is 1.09 bits per heavy atom. The number of piperidine rings is 1. The highest BCUT2D eigenvalue weighted by atomic mass is 19.4. The first-order valence-corrected chi connectivity index (χ1v) is 10.7. The van der Waals surface area contributed by atoms with Gasteiger partial charge in [-0.3, -0.25) is 4.90 Å².